The Hall–Kier alpha value is -1.07. The lowest BCUT2D eigenvalue weighted by Gasteiger charge is -2.17. The lowest BCUT2D eigenvalue weighted by molar-refractivity contribution is -0.170. The Morgan fingerprint density at radius 3 is 1.86 bits per heavy atom. The van der Waals surface area contributed by atoms with Crippen LogP contribution in [0.15, 0.2) is 0 Å². The molecule has 0 fully saturated rings. The molecule has 1 N–H and O–H groups in total. The Labute approximate surface area is 79.7 Å². The van der Waals surface area contributed by atoms with E-state index in [1.165, 1.54) is 0 Å². The van der Waals surface area contributed by atoms with Gasteiger partial charge in [0, 0.05) is 5.41 Å². The number of hydrogen-bond donors (Lipinski definition) is 1. The van der Waals surface area contributed by atoms with Crippen LogP contribution in [0.4, 0.5) is 13.2 Å². The van der Waals surface area contributed by atoms with Crippen LogP contribution < -0.4 is 5.32 Å². The summed E-state index contributed by atoms with van der Waals surface area (Å²) in [5, 5.41) is 1.92. The van der Waals surface area contributed by atoms with Crippen molar-refractivity contribution < 1.29 is 22.8 Å². The van der Waals surface area contributed by atoms with Gasteiger partial charge in [-0.15, -0.1) is 0 Å². The Balaban J connectivity index is 4.10. The monoisotopic (exact) mass is 211 g/mol. The average molecular weight is 211 g/mol. The molecule has 3 nitrogen and oxygen atoms in total. The van der Waals surface area contributed by atoms with Crippen LogP contribution in [0, 0.1) is 5.41 Å². The van der Waals surface area contributed by atoms with Crippen molar-refractivity contribution in [2.45, 2.75) is 26.9 Å². The van der Waals surface area contributed by atoms with Crippen LogP contribution in [0.3, 0.4) is 0 Å². The average Bonchev–Trinajstić information content (AvgIpc) is 1.95. The summed E-state index contributed by atoms with van der Waals surface area (Å²) in [6, 6.07) is 0. The van der Waals surface area contributed by atoms with Crippen molar-refractivity contribution in [3.63, 3.8) is 0 Å². The molecule has 0 aromatic heterocycles. The van der Waals surface area contributed by atoms with Crippen molar-refractivity contribution in [2.24, 2.45) is 5.41 Å². The number of carbonyl (C=O) groups is 2. The second-order valence-electron chi connectivity index (χ2n) is 3.85. The first-order valence-corrected chi connectivity index (χ1v) is 3.93. The van der Waals surface area contributed by atoms with Crippen LogP contribution in [0.5, 0.6) is 0 Å². The predicted octanol–water partition coefficient (Wildman–Crippen LogP) is 1.28. The van der Waals surface area contributed by atoms with Crippen LogP contribution in [-0.4, -0.2) is 24.4 Å². The minimum atomic E-state index is -4.88. The molecule has 0 saturated carbocycles. The third-order valence-electron chi connectivity index (χ3n) is 1.41. The number of carbonyl (C=O) groups excluding carboxylic acids is 2. The van der Waals surface area contributed by atoms with E-state index < -0.39 is 29.8 Å². The number of hydrogen-bond acceptors (Lipinski definition) is 2. The number of rotatable bonds is 2. The molecule has 0 aliphatic carbocycles. The lowest BCUT2D eigenvalue weighted by atomic mass is 9.96. The number of nitrogens with one attached hydrogen (secondary N) is 1. The molecule has 1 amide bonds. The van der Waals surface area contributed by atoms with Gasteiger partial charge in [-0.3, -0.25) is 9.59 Å². The molecule has 0 atom stereocenters. The van der Waals surface area contributed by atoms with E-state index in [1.54, 1.807) is 20.8 Å². The van der Waals surface area contributed by atoms with Gasteiger partial charge in [0.15, 0.2) is 0 Å². The Morgan fingerprint density at radius 1 is 1.14 bits per heavy atom. The second-order valence-corrected chi connectivity index (χ2v) is 3.85. The zero-order valence-electron chi connectivity index (χ0n) is 8.16. The van der Waals surface area contributed by atoms with Crippen LogP contribution >= 0.6 is 0 Å². The van der Waals surface area contributed by atoms with Gasteiger partial charge in [-0.1, -0.05) is 20.8 Å². The SMILES string of the molecule is CC(C)(C)C(=O)NCC(=O)C(F)(F)F. The fourth-order valence-corrected chi connectivity index (χ4v) is 0.526. The normalized spacial score (nSPS) is 12.4. The minimum Gasteiger partial charge on any atom is -0.348 e. The van der Waals surface area contributed by atoms with E-state index in [0.717, 1.165) is 0 Å². The smallest absolute Gasteiger partial charge is 0.348 e. The van der Waals surface area contributed by atoms with Gasteiger partial charge < -0.3 is 5.32 Å². The topological polar surface area (TPSA) is 46.2 Å². The first-order chi connectivity index (χ1) is 6.05. The van der Waals surface area contributed by atoms with Gasteiger partial charge in [0.2, 0.25) is 5.91 Å². The molecule has 0 saturated heterocycles. The maximum Gasteiger partial charge on any atom is 0.451 e. The summed E-state index contributed by atoms with van der Waals surface area (Å²) in [6.45, 7) is 3.63. The molecule has 0 spiro atoms. The summed E-state index contributed by atoms with van der Waals surface area (Å²) >= 11 is 0. The second kappa shape index (κ2) is 3.98. The van der Waals surface area contributed by atoms with E-state index in [1.807, 2.05) is 5.32 Å². The summed E-state index contributed by atoms with van der Waals surface area (Å²) in [7, 11) is 0. The molecule has 0 aromatic carbocycles. The predicted molar refractivity (Wildman–Crippen MR) is 43.5 cm³/mol. The van der Waals surface area contributed by atoms with E-state index >= 15 is 0 Å². The minimum absolute atomic E-state index is 0.588. The molecule has 0 aliphatic rings. The van der Waals surface area contributed by atoms with E-state index in [9.17, 15) is 22.8 Å². The van der Waals surface area contributed by atoms with Crippen molar-refractivity contribution >= 4 is 11.7 Å². The fraction of sp³-hybridized carbons (Fsp3) is 0.750. The van der Waals surface area contributed by atoms with Crippen molar-refractivity contribution in [1.82, 2.24) is 5.32 Å². The molecular weight excluding hydrogens is 199 g/mol. The van der Waals surface area contributed by atoms with Crippen molar-refractivity contribution in [1.29, 1.82) is 0 Å². The molecule has 0 rings (SSSR count). The molecule has 6 heteroatoms. The molecule has 82 valence electrons. The number of Topliss-reactive ketones (excluding diaryl/α,β-unsaturated/α-hetero) is 1. The molecule has 0 heterocycles. The standard InChI is InChI=1S/C8H12F3NO2/c1-7(2,3)6(14)12-4-5(13)8(9,10)11/h4H2,1-3H3,(H,12,14). The molecular formula is C8H12F3NO2. The lowest BCUT2D eigenvalue weighted by Crippen LogP contribution is -2.41. The van der Waals surface area contributed by atoms with E-state index in [-0.39, 0.29) is 0 Å². The quantitative estimate of drug-likeness (QED) is 0.747. The third-order valence-corrected chi connectivity index (χ3v) is 1.41. The van der Waals surface area contributed by atoms with Gasteiger partial charge in [0.25, 0.3) is 5.78 Å². The highest BCUT2D eigenvalue weighted by atomic mass is 19.4. The van der Waals surface area contributed by atoms with E-state index in [2.05, 4.69) is 0 Å². The molecule has 0 bridgehead atoms. The number of amides is 1. The summed E-state index contributed by atoms with van der Waals surface area (Å²) in [6.07, 6.45) is -4.88. The number of alkyl halides is 3. The molecule has 0 aliphatic heterocycles. The van der Waals surface area contributed by atoms with Crippen LogP contribution in [0.25, 0.3) is 0 Å². The highest BCUT2D eigenvalue weighted by molar-refractivity contribution is 5.90. The highest BCUT2D eigenvalue weighted by Gasteiger charge is 2.38. The van der Waals surface area contributed by atoms with E-state index in [4.69, 9.17) is 0 Å². The maximum absolute atomic E-state index is 11.7. The van der Waals surface area contributed by atoms with Crippen molar-refractivity contribution in [3.05, 3.63) is 0 Å². The first kappa shape index (κ1) is 12.9. The fourth-order valence-electron chi connectivity index (χ4n) is 0.526. The van der Waals surface area contributed by atoms with Gasteiger partial charge >= 0.3 is 6.18 Å². The van der Waals surface area contributed by atoms with E-state index in [0.29, 0.717) is 0 Å². The zero-order valence-corrected chi connectivity index (χ0v) is 8.16. The molecule has 0 radical (unpaired) electrons. The maximum atomic E-state index is 11.7. The molecule has 0 aromatic rings. The highest BCUT2D eigenvalue weighted by Crippen LogP contribution is 2.16. The van der Waals surface area contributed by atoms with Crippen molar-refractivity contribution in [3.8, 4) is 0 Å². The number of ketones is 1. The van der Waals surface area contributed by atoms with Crippen LogP contribution in [0.2, 0.25) is 0 Å². The summed E-state index contributed by atoms with van der Waals surface area (Å²) in [4.78, 5) is 21.4. The zero-order chi connectivity index (χ0) is 11.6. The van der Waals surface area contributed by atoms with Gasteiger partial charge in [0.05, 0.1) is 6.54 Å². The Bertz CT molecular complexity index is 214. The third kappa shape index (κ3) is 4.25. The summed E-state index contributed by atoms with van der Waals surface area (Å²) < 4.78 is 35.1. The summed E-state index contributed by atoms with van der Waals surface area (Å²) in [5.41, 5.74) is -0.800. The molecule has 0 unspecified atom stereocenters. The van der Waals surface area contributed by atoms with Gasteiger partial charge in [-0.05, 0) is 0 Å². The van der Waals surface area contributed by atoms with Gasteiger partial charge in [0.1, 0.15) is 0 Å². The Morgan fingerprint density at radius 2 is 1.57 bits per heavy atom. The van der Waals surface area contributed by atoms with Crippen LogP contribution in [-0.2, 0) is 9.59 Å². The summed E-state index contributed by atoms with van der Waals surface area (Å²) in [5.74, 6) is -2.54. The van der Waals surface area contributed by atoms with Gasteiger partial charge in [-0.25, -0.2) is 0 Å². The van der Waals surface area contributed by atoms with Crippen molar-refractivity contribution in [2.75, 3.05) is 6.54 Å². The molecule has 14 heavy (non-hydrogen) atoms. The largest absolute Gasteiger partial charge is 0.451 e. The first-order valence-electron chi connectivity index (χ1n) is 3.93. The van der Waals surface area contributed by atoms with Gasteiger partial charge in [-0.2, -0.15) is 13.2 Å². The number of halogens is 3. The Kier molecular flexibility index (Phi) is 3.67. The van der Waals surface area contributed by atoms with Crippen LogP contribution in [0.1, 0.15) is 20.8 Å².